The lowest BCUT2D eigenvalue weighted by molar-refractivity contribution is -0.162. The molecule has 0 unspecified atom stereocenters. The molecule has 0 aromatic rings. The monoisotopic (exact) mass is 321 g/mol. The normalized spacial score (nSPS) is 30.0. The number of rotatable bonds is 4. The van der Waals surface area contributed by atoms with Gasteiger partial charge in [-0.25, -0.2) is 0 Å². The highest BCUT2D eigenvalue weighted by molar-refractivity contribution is 5.98. The van der Waals surface area contributed by atoms with Gasteiger partial charge < -0.3 is 19.9 Å². The fourth-order valence-electron chi connectivity index (χ4n) is 3.88. The molecule has 7 heteroatoms. The van der Waals surface area contributed by atoms with Crippen LogP contribution in [0.5, 0.6) is 0 Å². The van der Waals surface area contributed by atoms with Crippen molar-refractivity contribution in [1.82, 2.24) is 15.1 Å². The van der Waals surface area contributed by atoms with E-state index >= 15 is 0 Å². The molecule has 1 N–H and O–H groups in total. The molecule has 3 aliphatic heterocycles. The van der Waals surface area contributed by atoms with Crippen molar-refractivity contribution < 1.29 is 19.2 Å². The predicted octanol–water partition coefficient (Wildman–Crippen LogP) is -0.164. The first-order valence-corrected chi connectivity index (χ1v) is 8.39. The molecule has 3 saturated heterocycles. The van der Waals surface area contributed by atoms with Gasteiger partial charge in [0.25, 0.3) is 0 Å². The van der Waals surface area contributed by atoms with E-state index in [9.17, 15) is 19.2 Å². The summed E-state index contributed by atoms with van der Waals surface area (Å²) in [5, 5.41) is 2.85. The second-order valence-corrected chi connectivity index (χ2v) is 6.68. The number of ketones is 1. The van der Waals surface area contributed by atoms with E-state index in [1.165, 1.54) is 6.92 Å². The lowest BCUT2D eigenvalue weighted by Gasteiger charge is -2.45. The van der Waals surface area contributed by atoms with E-state index in [-0.39, 0.29) is 48.4 Å². The summed E-state index contributed by atoms with van der Waals surface area (Å²) in [6.07, 6.45) is 3.57. The van der Waals surface area contributed by atoms with Crippen molar-refractivity contribution in [3.63, 3.8) is 0 Å². The smallest absolute Gasteiger partial charge is 0.248 e. The molecule has 0 aromatic carbocycles. The Morgan fingerprint density at radius 2 is 1.83 bits per heavy atom. The Hall–Kier alpha value is -1.92. The summed E-state index contributed by atoms with van der Waals surface area (Å²) in [7, 11) is 0. The van der Waals surface area contributed by atoms with Crippen LogP contribution < -0.4 is 5.32 Å². The molecule has 3 amide bonds. The van der Waals surface area contributed by atoms with Crippen molar-refractivity contribution in [3.05, 3.63) is 0 Å². The first-order chi connectivity index (χ1) is 11.0. The van der Waals surface area contributed by atoms with Crippen molar-refractivity contribution in [2.24, 2.45) is 0 Å². The van der Waals surface area contributed by atoms with E-state index in [0.717, 1.165) is 19.3 Å². The number of amides is 3. The largest absolute Gasteiger partial charge is 0.351 e. The van der Waals surface area contributed by atoms with Crippen molar-refractivity contribution >= 4 is 23.5 Å². The number of hydrogen-bond acceptors (Lipinski definition) is 4. The molecule has 3 fully saturated rings. The van der Waals surface area contributed by atoms with Gasteiger partial charge in [-0.1, -0.05) is 0 Å². The van der Waals surface area contributed by atoms with E-state index in [2.05, 4.69) is 5.32 Å². The second-order valence-electron chi connectivity index (χ2n) is 6.68. The van der Waals surface area contributed by atoms with Crippen molar-refractivity contribution in [1.29, 1.82) is 0 Å². The Morgan fingerprint density at radius 3 is 2.57 bits per heavy atom. The van der Waals surface area contributed by atoms with Gasteiger partial charge in [-0.3, -0.25) is 14.4 Å². The molecule has 3 aliphatic rings. The van der Waals surface area contributed by atoms with E-state index in [0.29, 0.717) is 19.5 Å². The third-order valence-electron chi connectivity index (χ3n) is 5.06. The van der Waals surface area contributed by atoms with Crippen LogP contribution in [0.1, 0.15) is 45.4 Å². The minimum atomic E-state index is -0.571. The lowest BCUT2D eigenvalue weighted by atomic mass is 9.94. The Labute approximate surface area is 135 Å². The molecule has 0 saturated carbocycles. The van der Waals surface area contributed by atoms with Gasteiger partial charge >= 0.3 is 0 Å². The second kappa shape index (κ2) is 6.29. The SMILES string of the molecule is CC(=O)CCC(=O)N[C@H]1CCN2C(=O)[C@H]3CCCCN3C(=O)[C@H]12. The summed E-state index contributed by atoms with van der Waals surface area (Å²) in [6.45, 7) is 2.59. The third-order valence-corrected chi connectivity index (χ3v) is 5.06. The summed E-state index contributed by atoms with van der Waals surface area (Å²) in [6, 6.07) is -1.22. The molecule has 0 aromatic heterocycles. The van der Waals surface area contributed by atoms with Gasteiger partial charge in [-0.15, -0.1) is 0 Å². The zero-order valence-corrected chi connectivity index (χ0v) is 13.4. The van der Waals surface area contributed by atoms with Crippen molar-refractivity contribution in [3.8, 4) is 0 Å². The number of piperazine rings is 1. The highest BCUT2D eigenvalue weighted by Gasteiger charge is 2.52. The van der Waals surface area contributed by atoms with E-state index in [4.69, 9.17) is 0 Å². The molecule has 7 nitrogen and oxygen atoms in total. The lowest BCUT2D eigenvalue weighted by Crippen LogP contribution is -2.67. The predicted molar refractivity (Wildman–Crippen MR) is 81.3 cm³/mol. The number of nitrogens with one attached hydrogen (secondary N) is 1. The zero-order valence-electron chi connectivity index (χ0n) is 13.4. The fourth-order valence-corrected chi connectivity index (χ4v) is 3.88. The molecule has 126 valence electrons. The number of nitrogens with zero attached hydrogens (tertiary/aromatic N) is 2. The Morgan fingerprint density at radius 1 is 1.04 bits per heavy atom. The van der Waals surface area contributed by atoms with E-state index in [1.54, 1.807) is 9.80 Å². The van der Waals surface area contributed by atoms with Gasteiger partial charge in [0, 0.05) is 25.9 Å². The minimum Gasteiger partial charge on any atom is -0.351 e. The molecule has 3 atom stereocenters. The molecule has 0 bridgehead atoms. The Kier molecular flexibility index (Phi) is 4.37. The van der Waals surface area contributed by atoms with Crippen LogP contribution in [0, 0.1) is 0 Å². The van der Waals surface area contributed by atoms with Gasteiger partial charge in [0.2, 0.25) is 17.7 Å². The molecule has 3 rings (SSSR count). The summed E-state index contributed by atoms with van der Waals surface area (Å²) in [4.78, 5) is 51.7. The number of Topliss-reactive ketones (excluding diaryl/α,β-unsaturated/α-hetero) is 1. The van der Waals surface area contributed by atoms with Gasteiger partial charge in [0.1, 0.15) is 17.9 Å². The van der Waals surface area contributed by atoms with Crippen LogP contribution in [-0.2, 0) is 19.2 Å². The van der Waals surface area contributed by atoms with Gasteiger partial charge in [0.05, 0.1) is 6.04 Å². The van der Waals surface area contributed by atoms with Gasteiger partial charge in [0.15, 0.2) is 0 Å². The summed E-state index contributed by atoms with van der Waals surface area (Å²) >= 11 is 0. The molecule has 0 radical (unpaired) electrons. The standard InChI is InChI=1S/C16H23N3O4/c1-10(20)5-6-13(21)17-11-7-9-19-14(11)16(23)18-8-3-2-4-12(18)15(19)22/h11-12,14H,2-9H2,1H3,(H,17,21)/t11-,12+,14-/m0/s1. The number of carbonyl (C=O) groups is 4. The molecule has 3 heterocycles. The molecule has 0 aliphatic carbocycles. The average Bonchev–Trinajstić information content (AvgIpc) is 2.95. The van der Waals surface area contributed by atoms with Gasteiger partial charge in [-0.05, 0) is 32.6 Å². The maximum atomic E-state index is 12.8. The van der Waals surface area contributed by atoms with E-state index < -0.39 is 6.04 Å². The topological polar surface area (TPSA) is 86.8 Å². The number of carbonyl (C=O) groups excluding carboxylic acids is 4. The van der Waals surface area contributed by atoms with Crippen LogP contribution in [0.4, 0.5) is 0 Å². The molecule has 23 heavy (non-hydrogen) atoms. The van der Waals surface area contributed by atoms with Crippen LogP contribution in [0.2, 0.25) is 0 Å². The maximum Gasteiger partial charge on any atom is 0.248 e. The third kappa shape index (κ3) is 2.96. The quantitative estimate of drug-likeness (QED) is 0.779. The maximum absolute atomic E-state index is 12.8. The van der Waals surface area contributed by atoms with Crippen LogP contribution >= 0.6 is 0 Å². The van der Waals surface area contributed by atoms with Crippen LogP contribution in [-0.4, -0.2) is 64.5 Å². The highest BCUT2D eigenvalue weighted by atomic mass is 16.2. The first-order valence-electron chi connectivity index (χ1n) is 8.39. The van der Waals surface area contributed by atoms with Gasteiger partial charge in [-0.2, -0.15) is 0 Å². The van der Waals surface area contributed by atoms with Crippen LogP contribution in [0.3, 0.4) is 0 Å². The minimum absolute atomic E-state index is 0.0229. The van der Waals surface area contributed by atoms with Crippen molar-refractivity contribution in [2.45, 2.75) is 63.6 Å². The highest BCUT2D eigenvalue weighted by Crippen LogP contribution is 2.31. The summed E-state index contributed by atoms with van der Waals surface area (Å²) in [5.41, 5.74) is 0. The average molecular weight is 321 g/mol. The summed E-state index contributed by atoms with van der Waals surface area (Å²) < 4.78 is 0. The van der Waals surface area contributed by atoms with Crippen molar-refractivity contribution in [2.75, 3.05) is 13.1 Å². The molecular formula is C16H23N3O4. The first kappa shape index (κ1) is 16.0. The zero-order chi connectivity index (χ0) is 16.6. The van der Waals surface area contributed by atoms with Crippen LogP contribution in [0.15, 0.2) is 0 Å². The molecule has 0 spiro atoms. The number of hydrogen-bond donors (Lipinski definition) is 1. The van der Waals surface area contributed by atoms with E-state index in [1.807, 2.05) is 0 Å². The Balaban J connectivity index is 1.69. The number of piperidine rings is 1. The number of fused-ring (bicyclic) bond motifs is 2. The van der Waals surface area contributed by atoms with Crippen LogP contribution in [0.25, 0.3) is 0 Å². The Bertz CT molecular complexity index is 547. The summed E-state index contributed by atoms with van der Waals surface area (Å²) in [5.74, 6) is -0.278. The fraction of sp³-hybridized carbons (Fsp3) is 0.750. The molecular weight excluding hydrogens is 298 g/mol.